The molecule has 0 amide bonds. The standard InChI is InChI=1S/C10H6F5NO3S/c11-8-2-1-7(3-6(8)4-16)20(17,18)19-5-10(14,15)9(12)13/h1-3,9H,5H2. The van der Waals surface area contributed by atoms with Gasteiger partial charge in [-0.2, -0.15) is 22.5 Å². The van der Waals surface area contributed by atoms with Crippen molar-refractivity contribution in [2.24, 2.45) is 0 Å². The average Bonchev–Trinajstić information content (AvgIpc) is 2.37. The Morgan fingerprint density at radius 2 is 1.95 bits per heavy atom. The van der Waals surface area contributed by atoms with Gasteiger partial charge in [0.25, 0.3) is 10.1 Å². The second-order valence-electron chi connectivity index (χ2n) is 3.53. The number of hydrogen-bond donors (Lipinski definition) is 0. The molecule has 0 spiro atoms. The summed E-state index contributed by atoms with van der Waals surface area (Å²) in [6, 6.07) is 3.15. The van der Waals surface area contributed by atoms with Gasteiger partial charge in [-0.25, -0.2) is 13.2 Å². The van der Waals surface area contributed by atoms with Gasteiger partial charge in [-0.3, -0.25) is 4.18 Å². The molecule has 0 saturated heterocycles. The molecule has 0 bridgehead atoms. The molecule has 20 heavy (non-hydrogen) atoms. The monoisotopic (exact) mass is 315 g/mol. The van der Waals surface area contributed by atoms with Crippen LogP contribution in [0.15, 0.2) is 23.1 Å². The average molecular weight is 315 g/mol. The number of alkyl halides is 4. The molecule has 0 saturated carbocycles. The zero-order valence-electron chi connectivity index (χ0n) is 9.49. The first-order chi connectivity index (χ1) is 9.10. The number of nitriles is 1. The lowest BCUT2D eigenvalue weighted by atomic mass is 10.2. The van der Waals surface area contributed by atoms with Gasteiger partial charge in [0, 0.05) is 0 Å². The number of hydrogen-bond acceptors (Lipinski definition) is 4. The summed E-state index contributed by atoms with van der Waals surface area (Å²) in [4.78, 5) is -0.791. The molecule has 0 unspecified atom stereocenters. The van der Waals surface area contributed by atoms with Crippen LogP contribution in [-0.2, 0) is 14.3 Å². The fourth-order valence-corrected chi connectivity index (χ4v) is 1.98. The van der Waals surface area contributed by atoms with Gasteiger partial charge in [0.2, 0.25) is 0 Å². The van der Waals surface area contributed by atoms with Crippen molar-refractivity contribution in [1.29, 1.82) is 5.26 Å². The van der Waals surface area contributed by atoms with Gasteiger partial charge in [0.05, 0.1) is 10.5 Å². The zero-order valence-corrected chi connectivity index (χ0v) is 10.3. The van der Waals surface area contributed by atoms with Crippen molar-refractivity contribution in [3.63, 3.8) is 0 Å². The second kappa shape index (κ2) is 5.72. The van der Waals surface area contributed by atoms with Crippen LogP contribution < -0.4 is 0 Å². The summed E-state index contributed by atoms with van der Waals surface area (Å²) in [5.74, 6) is -5.67. The van der Waals surface area contributed by atoms with Crippen molar-refractivity contribution in [2.45, 2.75) is 17.2 Å². The molecule has 0 aromatic heterocycles. The maximum absolute atomic E-state index is 13.0. The van der Waals surface area contributed by atoms with E-state index in [1.54, 1.807) is 0 Å². The summed E-state index contributed by atoms with van der Waals surface area (Å²) in [5, 5.41) is 8.50. The van der Waals surface area contributed by atoms with Crippen LogP contribution in [0.1, 0.15) is 5.56 Å². The van der Waals surface area contributed by atoms with Gasteiger partial charge in [0.15, 0.2) is 0 Å². The topological polar surface area (TPSA) is 67.2 Å². The molecule has 0 fully saturated rings. The van der Waals surface area contributed by atoms with Crippen molar-refractivity contribution in [1.82, 2.24) is 0 Å². The van der Waals surface area contributed by atoms with E-state index >= 15 is 0 Å². The van der Waals surface area contributed by atoms with Crippen molar-refractivity contribution < 1.29 is 34.6 Å². The zero-order chi connectivity index (χ0) is 15.6. The van der Waals surface area contributed by atoms with E-state index in [9.17, 15) is 30.4 Å². The molecule has 1 aromatic carbocycles. The van der Waals surface area contributed by atoms with Crippen LogP contribution in [0.25, 0.3) is 0 Å². The van der Waals surface area contributed by atoms with E-state index in [1.165, 1.54) is 6.07 Å². The first-order valence-corrected chi connectivity index (χ1v) is 6.26. The van der Waals surface area contributed by atoms with E-state index in [-0.39, 0.29) is 0 Å². The summed E-state index contributed by atoms with van der Waals surface area (Å²) in [5.41, 5.74) is -0.657. The molecule has 1 rings (SSSR count). The lowest BCUT2D eigenvalue weighted by Crippen LogP contribution is -2.33. The fourth-order valence-electron chi connectivity index (χ4n) is 1.03. The summed E-state index contributed by atoms with van der Waals surface area (Å²) in [6.07, 6.45) is -4.10. The van der Waals surface area contributed by atoms with Gasteiger partial charge in [-0.1, -0.05) is 0 Å². The first kappa shape index (κ1) is 16.3. The van der Waals surface area contributed by atoms with E-state index < -0.39 is 45.3 Å². The highest BCUT2D eigenvalue weighted by atomic mass is 32.2. The molecular weight excluding hydrogens is 309 g/mol. The lowest BCUT2D eigenvalue weighted by Gasteiger charge is -2.15. The smallest absolute Gasteiger partial charge is 0.260 e. The number of halogens is 5. The summed E-state index contributed by atoms with van der Waals surface area (Å²) in [6.45, 7) is -2.06. The van der Waals surface area contributed by atoms with Crippen molar-refractivity contribution >= 4 is 10.1 Å². The van der Waals surface area contributed by atoms with Crippen LogP contribution in [0, 0.1) is 17.1 Å². The highest BCUT2D eigenvalue weighted by molar-refractivity contribution is 7.86. The Balaban J connectivity index is 2.99. The Morgan fingerprint density at radius 3 is 2.45 bits per heavy atom. The van der Waals surface area contributed by atoms with Gasteiger partial charge in [-0.15, -0.1) is 0 Å². The normalized spacial score (nSPS) is 12.4. The van der Waals surface area contributed by atoms with Crippen LogP contribution in [0.2, 0.25) is 0 Å². The minimum Gasteiger partial charge on any atom is -0.260 e. The van der Waals surface area contributed by atoms with Crippen molar-refractivity contribution in [3.05, 3.63) is 29.6 Å². The van der Waals surface area contributed by atoms with Gasteiger partial charge in [-0.05, 0) is 18.2 Å². The quantitative estimate of drug-likeness (QED) is 0.618. The Hall–Kier alpha value is -1.73. The van der Waals surface area contributed by atoms with Crippen molar-refractivity contribution in [2.75, 3.05) is 6.61 Å². The molecule has 10 heteroatoms. The molecule has 0 aliphatic rings. The molecule has 0 aliphatic heterocycles. The van der Waals surface area contributed by atoms with Crippen LogP contribution in [-0.4, -0.2) is 27.4 Å². The molecule has 0 heterocycles. The molecule has 1 aromatic rings. The summed E-state index contributed by atoms with van der Waals surface area (Å²) in [7, 11) is -4.81. The van der Waals surface area contributed by atoms with Gasteiger partial charge in [0.1, 0.15) is 18.5 Å². The van der Waals surface area contributed by atoms with E-state index in [4.69, 9.17) is 5.26 Å². The maximum Gasteiger partial charge on any atom is 0.331 e. The first-order valence-electron chi connectivity index (χ1n) is 4.85. The van der Waals surface area contributed by atoms with Crippen molar-refractivity contribution in [3.8, 4) is 6.07 Å². The molecule has 0 radical (unpaired) electrons. The molecule has 0 atom stereocenters. The number of nitrogens with zero attached hydrogens (tertiary/aromatic N) is 1. The Labute approximate surface area is 110 Å². The fraction of sp³-hybridized carbons (Fsp3) is 0.300. The van der Waals surface area contributed by atoms with Crippen LogP contribution in [0.3, 0.4) is 0 Å². The number of rotatable bonds is 5. The summed E-state index contributed by atoms with van der Waals surface area (Å²) >= 11 is 0. The van der Waals surface area contributed by atoms with E-state index in [1.807, 2.05) is 0 Å². The molecular formula is C10H6F5NO3S. The van der Waals surface area contributed by atoms with E-state index in [0.29, 0.717) is 18.2 Å². The molecule has 0 N–H and O–H groups in total. The lowest BCUT2D eigenvalue weighted by molar-refractivity contribution is -0.147. The highest BCUT2D eigenvalue weighted by Crippen LogP contribution is 2.25. The third-order valence-electron chi connectivity index (χ3n) is 2.07. The Morgan fingerprint density at radius 1 is 1.35 bits per heavy atom. The second-order valence-corrected chi connectivity index (χ2v) is 5.15. The Bertz CT molecular complexity index is 639. The van der Waals surface area contributed by atoms with E-state index in [0.717, 1.165) is 0 Å². The highest BCUT2D eigenvalue weighted by Gasteiger charge is 2.42. The predicted molar refractivity (Wildman–Crippen MR) is 55.2 cm³/mol. The predicted octanol–water partition coefficient (Wildman–Crippen LogP) is 2.30. The minimum absolute atomic E-state index is 0.547. The van der Waals surface area contributed by atoms with Gasteiger partial charge >= 0.3 is 12.3 Å². The largest absolute Gasteiger partial charge is 0.331 e. The molecule has 0 aliphatic carbocycles. The SMILES string of the molecule is N#Cc1cc(S(=O)(=O)OCC(F)(F)C(F)F)ccc1F. The third kappa shape index (κ3) is 3.64. The molecule has 4 nitrogen and oxygen atoms in total. The van der Waals surface area contributed by atoms with Crippen LogP contribution >= 0.6 is 0 Å². The van der Waals surface area contributed by atoms with Gasteiger partial charge < -0.3 is 0 Å². The van der Waals surface area contributed by atoms with E-state index in [2.05, 4.69) is 4.18 Å². The Kier molecular flexibility index (Phi) is 4.67. The minimum atomic E-state index is -4.81. The molecule has 110 valence electrons. The summed E-state index contributed by atoms with van der Waals surface area (Å²) < 4.78 is 88.4. The third-order valence-corrected chi connectivity index (χ3v) is 3.33. The number of benzene rings is 1. The van der Waals surface area contributed by atoms with Crippen LogP contribution in [0.5, 0.6) is 0 Å². The van der Waals surface area contributed by atoms with Crippen LogP contribution in [0.4, 0.5) is 22.0 Å². The maximum atomic E-state index is 13.0.